The number of unbranched alkanes of at least 4 members (excludes halogenated alkanes) is 5. The van der Waals surface area contributed by atoms with Crippen LogP contribution in [-0.2, 0) is 0 Å². The molecule has 0 aromatic carbocycles. The largest absolute Gasteiger partial charge is 0.154 e. The molecule has 2 heteroatoms. The van der Waals surface area contributed by atoms with E-state index in [1.54, 1.807) is 0 Å². The van der Waals surface area contributed by atoms with Gasteiger partial charge in [-0.3, -0.25) is 0 Å². The van der Waals surface area contributed by atoms with Gasteiger partial charge in [0, 0.05) is 0 Å². The Morgan fingerprint density at radius 2 is 1.42 bits per heavy atom. The summed E-state index contributed by atoms with van der Waals surface area (Å²) < 4.78 is 0. The van der Waals surface area contributed by atoms with Gasteiger partial charge in [0.15, 0.2) is 22.0 Å². The van der Waals surface area contributed by atoms with E-state index in [0.29, 0.717) is 0 Å². The summed E-state index contributed by atoms with van der Waals surface area (Å²) in [6.45, 7) is 7.14. The molecule has 0 nitrogen and oxygen atoms in total. The number of hydrogen-bond acceptors (Lipinski definition) is 0. The van der Waals surface area contributed by atoms with Gasteiger partial charge >= 0.3 is 0 Å². The van der Waals surface area contributed by atoms with Crippen LogP contribution in [0.2, 0.25) is 0 Å². The van der Waals surface area contributed by atoms with Gasteiger partial charge in [0.05, 0.1) is 24.4 Å². The van der Waals surface area contributed by atoms with Crippen molar-refractivity contribution < 1.29 is 0 Å². The van der Waals surface area contributed by atoms with Crippen molar-refractivity contribution in [3.05, 3.63) is 0 Å². The summed E-state index contributed by atoms with van der Waals surface area (Å²) in [7, 11) is 0. The Morgan fingerprint density at radius 3 is 1.92 bits per heavy atom. The van der Waals surface area contributed by atoms with E-state index < -0.39 is 4.90 Å². The summed E-state index contributed by atoms with van der Waals surface area (Å²) in [5.74, 6) is 0. The van der Waals surface area contributed by atoms with Crippen molar-refractivity contribution in [3.63, 3.8) is 0 Å². The van der Waals surface area contributed by atoms with Crippen LogP contribution in [0.1, 0.15) is 45.4 Å². The molecular formula is C10H23IP+. The zero-order valence-corrected chi connectivity index (χ0v) is 11.8. The lowest BCUT2D eigenvalue weighted by Crippen LogP contribution is -1.88. The zero-order chi connectivity index (χ0) is 9.45. The standard InChI is InChI=1S/C10H23IP/c1-4-5-6-7-8-9-10-12(2,3)11/h4-10H2,1-3H3/q+1. The van der Waals surface area contributed by atoms with Crippen LogP contribution in [-0.4, -0.2) is 19.5 Å². The lowest BCUT2D eigenvalue weighted by molar-refractivity contribution is 0.626. The van der Waals surface area contributed by atoms with E-state index in [1.165, 1.54) is 44.7 Å². The fourth-order valence-corrected chi connectivity index (χ4v) is 3.27. The molecule has 0 aliphatic carbocycles. The summed E-state index contributed by atoms with van der Waals surface area (Å²) in [4.78, 5) is -0.501. The monoisotopic (exact) mass is 301 g/mol. The van der Waals surface area contributed by atoms with Gasteiger partial charge in [0.25, 0.3) is 0 Å². The van der Waals surface area contributed by atoms with Crippen LogP contribution in [0.25, 0.3) is 0 Å². The van der Waals surface area contributed by atoms with E-state index in [0.717, 1.165) is 0 Å². The smallest absolute Gasteiger partial charge is 0.0654 e. The molecule has 0 heterocycles. The number of halogens is 1. The second-order valence-corrected chi connectivity index (χ2v) is 15.4. The average molecular weight is 301 g/mol. The van der Waals surface area contributed by atoms with Crippen LogP contribution in [0, 0.1) is 0 Å². The van der Waals surface area contributed by atoms with Crippen molar-refractivity contribution in [1.29, 1.82) is 0 Å². The Hall–Kier alpha value is 1.16. The maximum Gasteiger partial charge on any atom is 0.154 e. The van der Waals surface area contributed by atoms with Gasteiger partial charge in [0.2, 0.25) is 0 Å². The summed E-state index contributed by atoms with van der Waals surface area (Å²) >= 11 is 2.66. The second-order valence-electron chi connectivity index (χ2n) is 4.03. The SMILES string of the molecule is CCCCCCCC[P+](C)(C)I. The van der Waals surface area contributed by atoms with Crippen molar-refractivity contribution in [2.45, 2.75) is 45.4 Å². The van der Waals surface area contributed by atoms with E-state index in [1.807, 2.05) is 0 Å². The Kier molecular flexibility index (Phi) is 8.28. The van der Waals surface area contributed by atoms with Crippen molar-refractivity contribution in [2.24, 2.45) is 0 Å². The van der Waals surface area contributed by atoms with Crippen molar-refractivity contribution in [1.82, 2.24) is 0 Å². The van der Waals surface area contributed by atoms with E-state index in [-0.39, 0.29) is 0 Å². The third kappa shape index (κ3) is 11.2. The first-order chi connectivity index (χ1) is 5.56. The van der Waals surface area contributed by atoms with Crippen LogP contribution < -0.4 is 0 Å². The molecular weight excluding hydrogens is 278 g/mol. The normalized spacial score (nSPS) is 12.0. The summed E-state index contributed by atoms with van der Waals surface area (Å²) in [5, 5.41) is 0. The molecule has 0 saturated carbocycles. The highest BCUT2D eigenvalue weighted by molar-refractivity contribution is 14.2. The fourth-order valence-electron chi connectivity index (χ4n) is 1.27. The quantitative estimate of drug-likeness (QED) is 0.354. The Morgan fingerprint density at radius 1 is 0.917 bits per heavy atom. The highest BCUT2D eigenvalue weighted by Gasteiger charge is 2.18. The summed E-state index contributed by atoms with van der Waals surface area (Å²) in [6, 6.07) is 0. The molecule has 12 heavy (non-hydrogen) atoms. The molecule has 0 bridgehead atoms. The second kappa shape index (κ2) is 7.55. The van der Waals surface area contributed by atoms with Gasteiger partial charge in [-0.15, -0.1) is 0 Å². The minimum Gasteiger partial charge on any atom is -0.0654 e. The molecule has 0 aliphatic rings. The van der Waals surface area contributed by atoms with Gasteiger partial charge in [-0.1, -0.05) is 32.6 Å². The van der Waals surface area contributed by atoms with Crippen molar-refractivity contribution in [2.75, 3.05) is 19.5 Å². The topological polar surface area (TPSA) is 0 Å². The Labute approximate surface area is 91.7 Å². The fraction of sp³-hybridized carbons (Fsp3) is 1.00. The van der Waals surface area contributed by atoms with Crippen molar-refractivity contribution >= 4 is 26.9 Å². The molecule has 0 amide bonds. The summed E-state index contributed by atoms with van der Waals surface area (Å²) in [5.41, 5.74) is 0. The predicted octanol–water partition coefficient (Wildman–Crippen LogP) is 4.97. The summed E-state index contributed by atoms with van der Waals surface area (Å²) in [6.07, 6.45) is 10.1. The third-order valence-corrected chi connectivity index (χ3v) is 4.87. The molecule has 0 rings (SSSR count). The van der Waals surface area contributed by atoms with Gasteiger partial charge in [0.1, 0.15) is 0 Å². The molecule has 0 fully saturated rings. The minimum absolute atomic E-state index is 0.501. The van der Waals surface area contributed by atoms with Gasteiger partial charge in [-0.2, -0.15) is 0 Å². The molecule has 0 saturated heterocycles. The van der Waals surface area contributed by atoms with Crippen LogP contribution in [0.5, 0.6) is 0 Å². The van der Waals surface area contributed by atoms with Crippen LogP contribution in [0.4, 0.5) is 0 Å². The lowest BCUT2D eigenvalue weighted by atomic mass is 10.1. The molecule has 0 spiro atoms. The molecule has 0 aliphatic heterocycles. The molecule has 74 valence electrons. The molecule has 0 N–H and O–H groups in total. The van der Waals surface area contributed by atoms with E-state index in [2.05, 4.69) is 42.3 Å². The molecule has 0 radical (unpaired) electrons. The van der Waals surface area contributed by atoms with Crippen LogP contribution in [0.3, 0.4) is 0 Å². The molecule has 0 atom stereocenters. The highest BCUT2D eigenvalue weighted by atomic mass is 127. The molecule has 0 aromatic rings. The zero-order valence-electron chi connectivity index (χ0n) is 8.77. The lowest BCUT2D eigenvalue weighted by Gasteiger charge is -2.07. The first-order valence-corrected chi connectivity index (χ1v) is 10.7. The van der Waals surface area contributed by atoms with E-state index >= 15 is 0 Å². The first kappa shape index (κ1) is 13.2. The van der Waals surface area contributed by atoms with Crippen molar-refractivity contribution in [3.8, 4) is 0 Å². The van der Waals surface area contributed by atoms with Crippen LogP contribution >= 0.6 is 26.9 Å². The maximum absolute atomic E-state index is 2.66. The van der Waals surface area contributed by atoms with Gasteiger partial charge in [-0.05, 0) is 12.8 Å². The Bertz CT molecular complexity index is 96.5. The van der Waals surface area contributed by atoms with Gasteiger partial charge < -0.3 is 0 Å². The van der Waals surface area contributed by atoms with E-state index in [9.17, 15) is 0 Å². The molecule has 0 aromatic heterocycles. The number of rotatable bonds is 7. The van der Waals surface area contributed by atoms with Crippen LogP contribution in [0.15, 0.2) is 0 Å². The maximum atomic E-state index is 2.66. The number of hydrogen-bond donors (Lipinski definition) is 0. The molecule has 0 unspecified atom stereocenters. The van der Waals surface area contributed by atoms with Gasteiger partial charge in [-0.25, -0.2) is 0 Å². The highest BCUT2D eigenvalue weighted by Crippen LogP contribution is 2.60. The Balaban J connectivity index is 3.01. The predicted molar refractivity (Wildman–Crippen MR) is 71.0 cm³/mol. The average Bonchev–Trinajstić information content (AvgIpc) is 1.94. The third-order valence-electron chi connectivity index (χ3n) is 2.04. The first-order valence-electron chi connectivity index (χ1n) is 5.09. The minimum atomic E-state index is -0.501. The van der Waals surface area contributed by atoms with E-state index in [4.69, 9.17) is 0 Å².